The monoisotopic (exact) mass is 466 g/mol. The van der Waals surface area contributed by atoms with Crippen LogP contribution in [0.3, 0.4) is 0 Å². The van der Waals surface area contributed by atoms with Crippen molar-refractivity contribution in [3.63, 3.8) is 0 Å². The van der Waals surface area contributed by atoms with Crippen LogP contribution in [0.15, 0.2) is 36.5 Å². The molecule has 2 aromatic rings. The summed E-state index contributed by atoms with van der Waals surface area (Å²) in [6.07, 6.45) is 29.2. The van der Waals surface area contributed by atoms with Crippen LogP contribution < -0.4 is 0 Å². The van der Waals surface area contributed by atoms with Crippen molar-refractivity contribution in [2.45, 2.75) is 149 Å². The molecule has 1 aromatic carbocycles. The smallest absolute Gasteiger partial charge is 0.108 e. The number of hydrogen-bond donors (Lipinski definition) is 0. The minimum absolute atomic E-state index is 1.10. The highest BCUT2D eigenvalue weighted by molar-refractivity contribution is 5.15. The van der Waals surface area contributed by atoms with Gasteiger partial charge in [0.25, 0.3) is 0 Å². The highest BCUT2D eigenvalue weighted by Crippen LogP contribution is 2.16. The van der Waals surface area contributed by atoms with Crippen molar-refractivity contribution in [1.82, 2.24) is 9.55 Å². The number of nitrogens with zero attached hydrogens (tertiary/aromatic N) is 2. The lowest BCUT2D eigenvalue weighted by Gasteiger charge is -2.07. The highest BCUT2D eigenvalue weighted by Gasteiger charge is 2.08. The van der Waals surface area contributed by atoms with E-state index in [0.29, 0.717) is 0 Å². The van der Waals surface area contributed by atoms with Gasteiger partial charge in [-0.2, -0.15) is 0 Å². The van der Waals surface area contributed by atoms with Crippen molar-refractivity contribution in [2.75, 3.05) is 0 Å². The third kappa shape index (κ3) is 13.4. The van der Waals surface area contributed by atoms with E-state index in [-0.39, 0.29) is 0 Å². The largest absolute Gasteiger partial charge is 0.335 e. The Morgan fingerprint density at radius 2 is 1.12 bits per heavy atom. The molecule has 1 aromatic heterocycles. The minimum atomic E-state index is 1.10. The first kappa shape index (κ1) is 28.7. The molecule has 0 aliphatic carbocycles. The number of aromatic nitrogens is 2. The molecule has 2 rings (SSSR count). The van der Waals surface area contributed by atoms with E-state index in [0.717, 1.165) is 25.8 Å². The zero-order chi connectivity index (χ0) is 24.1. The fourth-order valence-electron chi connectivity index (χ4n) is 4.98. The van der Waals surface area contributed by atoms with Gasteiger partial charge in [0.2, 0.25) is 0 Å². The Balaban J connectivity index is 1.65. The quantitative estimate of drug-likeness (QED) is 0.158. The normalized spacial score (nSPS) is 11.4. The van der Waals surface area contributed by atoms with Crippen molar-refractivity contribution in [1.29, 1.82) is 0 Å². The van der Waals surface area contributed by atoms with Crippen molar-refractivity contribution >= 4 is 0 Å². The Morgan fingerprint density at radius 1 is 0.559 bits per heavy atom. The lowest BCUT2D eigenvalue weighted by Crippen LogP contribution is -2.03. The minimum Gasteiger partial charge on any atom is -0.335 e. The number of imidazole rings is 1. The van der Waals surface area contributed by atoms with Gasteiger partial charge in [-0.1, -0.05) is 134 Å². The van der Waals surface area contributed by atoms with Gasteiger partial charge in [-0.25, -0.2) is 4.98 Å². The lowest BCUT2D eigenvalue weighted by molar-refractivity contribution is 0.533. The second-order valence-electron chi connectivity index (χ2n) is 10.4. The molecule has 1 heterocycles. The maximum absolute atomic E-state index is 5.09. The van der Waals surface area contributed by atoms with Crippen molar-refractivity contribution in [2.24, 2.45) is 0 Å². The first-order chi connectivity index (χ1) is 16.8. The SMILES string of the molecule is CCCCCCCCCCCCCCc1nc(CCCc2ccccc2)cn1CCCCCC. The molecule has 0 aliphatic heterocycles. The van der Waals surface area contributed by atoms with Crippen molar-refractivity contribution in [3.8, 4) is 0 Å². The molecule has 0 amide bonds. The third-order valence-electron chi connectivity index (χ3n) is 7.16. The van der Waals surface area contributed by atoms with Gasteiger partial charge in [0.05, 0.1) is 5.69 Å². The maximum atomic E-state index is 5.09. The van der Waals surface area contributed by atoms with Crippen LogP contribution >= 0.6 is 0 Å². The van der Waals surface area contributed by atoms with Crippen LogP contribution in [0.4, 0.5) is 0 Å². The van der Waals surface area contributed by atoms with Gasteiger partial charge >= 0.3 is 0 Å². The molecule has 0 fully saturated rings. The summed E-state index contributed by atoms with van der Waals surface area (Å²) < 4.78 is 2.49. The van der Waals surface area contributed by atoms with Gasteiger partial charge in [-0.15, -0.1) is 0 Å². The summed E-state index contributed by atoms with van der Waals surface area (Å²) in [4.78, 5) is 5.09. The van der Waals surface area contributed by atoms with Gasteiger partial charge in [0.1, 0.15) is 5.82 Å². The van der Waals surface area contributed by atoms with E-state index in [9.17, 15) is 0 Å². The second kappa shape index (κ2) is 19.7. The van der Waals surface area contributed by atoms with Crippen molar-refractivity contribution < 1.29 is 0 Å². The Morgan fingerprint density at radius 3 is 1.74 bits per heavy atom. The van der Waals surface area contributed by atoms with E-state index in [2.05, 4.69) is 54.9 Å². The molecule has 192 valence electrons. The molecular formula is C32H54N2. The summed E-state index contributed by atoms with van der Waals surface area (Å²) in [6, 6.07) is 10.9. The van der Waals surface area contributed by atoms with Crippen LogP contribution in [0.5, 0.6) is 0 Å². The molecule has 0 aliphatic rings. The first-order valence-electron chi connectivity index (χ1n) is 14.9. The molecule has 0 saturated carbocycles. The van der Waals surface area contributed by atoms with Crippen molar-refractivity contribution in [3.05, 3.63) is 53.6 Å². The molecule has 34 heavy (non-hydrogen) atoms. The van der Waals surface area contributed by atoms with Crippen LogP contribution in [-0.4, -0.2) is 9.55 Å². The molecule has 2 nitrogen and oxygen atoms in total. The van der Waals surface area contributed by atoms with Gasteiger partial charge in [0, 0.05) is 19.2 Å². The number of unbranched alkanes of at least 4 members (excludes halogenated alkanes) is 14. The summed E-state index contributed by atoms with van der Waals surface area (Å²) in [6.45, 7) is 5.74. The Kier molecular flexibility index (Phi) is 16.6. The first-order valence-corrected chi connectivity index (χ1v) is 14.9. The average molecular weight is 467 g/mol. The number of benzene rings is 1. The van der Waals surface area contributed by atoms with E-state index in [1.165, 1.54) is 126 Å². The van der Waals surface area contributed by atoms with E-state index in [4.69, 9.17) is 4.98 Å². The fraction of sp³-hybridized carbons (Fsp3) is 0.719. The number of rotatable bonds is 22. The summed E-state index contributed by atoms with van der Waals surface area (Å²) in [5, 5.41) is 0. The summed E-state index contributed by atoms with van der Waals surface area (Å²) >= 11 is 0. The third-order valence-corrected chi connectivity index (χ3v) is 7.16. The fourth-order valence-corrected chi connectivity index (χ4v) is 4.98. The van der Waals surface area contributed by atoms with Crippen LogP contribution in [0.1, 0.15) is 140 Å². The van der Waals surface area contributed by atoms with Gasteiger partial charge in [-0.05, 0) is 37.7 Å². The van der Waals surface area contributed by atoms with Gasteiger partial charge in [-0.3, -0.25) is 0 Å². The second-order valence-corrected chi connectivity index (χ2v) is 10.4. The van der Waals surface area contributed by atoms with E-state index in [1.54, 1.807) is 0 Å². The van der Waals surface area contributed by atoms with E-state index < -0.39 is 0 Å². The molecule has 0 atom stereocenters. The summed E-state index contributed by atoms with van der Waals surface area (Å²) in [5.74, 6) is 1.35. The molecule has 0 N–H and O–H groups in total. The van der Waals surface area contributed by atoms with E-state index >= 15 is 0 Å². The molecule has 0 radical (unpaired) electrons. The molecule has 0 saturated heterocycles. The molecule has 2 heteroatoms. The Labute approximate surface area is 212 Å². The van der Waals surface area contributed by atoms with E-state index in [1.807, 2.05) is 0 Å². The van der Waals surface area contributed by atoms with Crippen LogP contribution in [0, 0.1) is 0 Å². The predicted molar refractivity (Wildman–Crippen MR) is 150 cm³/mol. The lowest BCUT2D eigenvalue weighted by atomic mass is 10.0. The number of hydrogen-bond acceptors (Lipinski definition) is 1. The average Bonchev–Trinajstić information content (AvgIpc) is 3.24. The van der Waals surface area contributed by atoms with Crippen LogP contribution in [0.25, 0.3) is 0 Å². The van der Waals surface area contributed by atoms with Gasteiger partial charge < -0.3 is 4.57 Å². The van der Waals surface area contributed by atoms with Crippen LogP contribution in [0.2, 0.25) is 0 Å². The molecule has 0 bridgehead atoms. The Bertz CT molecular complexity index is 703. The summed E-state index contributed by atoms with van der Waals surface area (Å²) in [7, 11) is 0. The standard InChI is InChI=1S/C32H54N2/c1-3-5-7-9-10-11-12-13-14-15-16-20-27-32-33-31(29-34(32)28-21-8-6-4-2)26-22-25-30-23-18-17-19-24-30/h17-19,23-24,29H,3-16,20-22,25-28H2,1-2H3. The summed E-state index contributed by atoms with van der Waals surface area (Å²) in [5.41, 5.74) is 2.75. The number of aryl methyl sites for hydroxylation is 4. The molecular weight excluding hydrogens is 412 g/mol. The zero-order valence-corrected chi connectivity index (χ0v) is 22.7. The Hall–Kier alpha value is -1.57. The van der Waals surface area contributed by atoms with Crippen LogP contribution in [-0.2, 0) is 25.8 Å². The van der Waals surface area contributed by atoms with Gasteiger partial charge in [0.15, 0.2) is 0 Å². The molecule has 0 unspecified atom stereocenters. The topological polar surface area (TPSA) is 17.8 Å². The molecule has 0 spiro atoms. The highest BCUT2D eigenvalue weighted by atomic mass is 15.1. The maximum Gasteiger partial charge on any atom is 0.108 e. The predicted octanol–water partition coefficient (Wildman–Crippen LogP) is 9.88. The zero-order valence-electron chi connectivity index (χ0n) is 22.7.